The van der Waals surface area contributed by atoms with E-state index in [1.54, 1.807) is 19.2 Å². The first-order valence-electron chi connectivity index (χ1n) is 17.0. The molecular formula is C41H39O9P3. The monoisotopic (exact) mass is 768 g/mol. The predicted octanol–water partition coefficient (Wildman–Crippen LogP) is 12.3. The molecule has 53 heavy (non-hydrogen) atoms. The Balaban J connectivity index is 1.31. The van der Waals surface area contributed by atoms with Gasteiger partial charge in [0.2, 0.25) is 0 Å². The van der Waals surface area contributed by atoms with Crippen LogP contribution in [-0.4, -0.2) is 12.2 Å². The molecule has 8 rings (SSSR count). The van der Waals surface area contributed by atoms with Crippen molar-refractivity contribution in [2.24, 2.45) is 0 Å². The zero-order chi connectivity index (χ0) is 37.2. The van der Waals surface area contributed by atoms with Crippen molar-refractivity contribution < 1.29 is 41.5 Å². The van der Waals surface area contributed by atoms with Gasteiger partial charge in [0.1, 0.15) is 34.5 Å². The van der Waals surface area contributed by atoms with Gasteiger partial charge in [-0.3, -0.25) is 0 Å². The van der Waals surface area contributed by atoms with Gasteiger partial charge in [-0.05, 0) is 76.2 Å². The minimum atomic E-state index is -2.08. The van der Waals surface area contributed by atoms with Gasteiger partial charge in [0.05, 0.1) is 27.3 Å². The average molecular weight is 769 g/mol. The summed E-state index contributed by atoms with van der Waals surface area (Å²) in [4.78, 5) is 0. The standard InChI is InChI=1S/C41H39O9P3/c1-40(2,3)29-20-25(42)19-27(37(29)48-52-45-31-14-8-9-15-32(31)46-52)28-21-26(43-7)22-30(41(4,5)6)38(28)49-53-47-34-17-11-13-24-18-23-12-10-16-33(44-51)35(23)39(50-53)36(24)34/h8-22,42H,51H2,1-7H3. The lowest BCUT2D eigenvalue weighted by atomic mass is 9.81. The van der Waals surface area contributed by atoms with Crippen LogP contribution in [0.15, 0.2) is 91.0 Å². The Morgan fingerprint density at radius 2 is 1.15 bits per heavy atom. The fourth-order valence-corrected chi connectivity index (χ4v) is 8.98. The quantitative estimate of drug-likeness (QED) is 0.126. The lowest BCUT2D eigenvalue weighted by molar-refractivity contribution is 0.375. The zero-order valence-electron chi connectivity index (χ0n) is 30.3. The molecule has 0 bridgehead atoms. The van der Waals surface area contributed by atoms with E-state index >= 15 is 0 Å². The van der Waals surface area contributed by atoms with E-state index in [2.05, 4.69) is 57.1 Å². The van der Waals surface area contributed by atoms with E-state index in [0.717, 1.165) is 32.7 Å². The first-order valence-corrected chi connectivity index (χ1v) is 19.7. The van der Waals surface area contributed by atoms with Crippen molar-refractivity contribution in [1.29, 1.82) is 0 Å². The first kappa shape index (κ1) is 35.4. The minimum Gasteiger partial charge on any atom is -0.508 e. The Kier molecular flexibility index (Phi) is 8.89. The molecule has 12 heteroatoms. The van der Waals surface area contributed by atoms with Crippen LogP contribution in [0.1, 0.15) is 52.7 Å². The second kappa shape index (κ2) is 13.3. The molecule has 2 heterocycles. The van der Waals surface area contributed by atoms with Gasteiger partial charge in [0, 0.05) is 22.3 Å². The van der Waals surface area contributed by atoms with E-state index in [-0.39, 0.29) is 5.75 Å². The molecule has 0 aliphatic carbocycles. The summed E-state index contributed by atoms with van der Waals surface area (Å²) in [5.41, 5.74) is 1.83. The van der Waals surface area contributed by atoms with Crippen LogP contribution in [0.25, 0.3) is 32.7 Å². The van der Waals surface area contributed by atoms with Gasteiger partial charge >= 0.3 is 17.2 Å². The molecule has 9 nitrogen and oxygen atoms in total. The van der Waals surface area contributed by atoms with Crippen molar-refractivity contribution in [2.75, 3.05) is 7.11 Å². The van der Waals surface area contributed by atoms with Gasteiger partial charge in [0.15, 0.2) is 17.2 Å². The van der Waals surface area contributed by atoms with Crippen molar-refractivity contribution in [3.05, 3.63) is 102 Å². The SMILES string of the molecule is COc1cc(-c2cc(O)cc(C(C)(C)C)c2OP2Oc3ccccc3O2)c(OP2Oc3cccc4cc5cccc(OP)c5c(c34)O2)c(C(C)(C)C)c1. The number of phenols is 1. The van der Waals surface area contributed by atoms with Crippen molar-refractivity contribution in [1.82, 2.24) is 0 Å². The molecule has 6 aromatic rings. The highest BCUT2D eigenvalue weighted by atomic mass is 31.2. The maximum atomic E-state index is 11.3. The summed E-state index contributed by atoms with van der Waals surface area (Å²) < 4.78 is 50.9. The lowest BCUT2D eigenvalue weighted by Gasteiger charge is -2.31. The van der Waals surface area contributed by atoms with Crippen LogP contribution in [0.4, 0.5) is 0 Å². The molecule has 0 aromatic heterocycles. The second-order valence-corrected chi connectivity index (χ2v) is 17.1. The zero-order valence-corrected chi connectivity index (χ0v) is 33.3. The molecule has 2 aliphatic rings. The third-order valence-electron chi connectivity index (χ3n) is 9.15. The molecule has 272 valence electrons. The molecule has 0 radical (unpaired) electrons. The van der Waals surface area contributed by atoms with Crippen molar-refractivity contribution >= 4 is 48.2 Å². The predicted molar refractivity (Wildman–Crippen MR) is 213 cm³/mol. The number of phenolic OH excluding ortho intramolecular Hbond substituents is 1. The van der Waals surface area contributed by atoms with Crippen LogP contribution in [-0.2, 0) is 10.8 Å². The number of methoxy groups -OCH3 is 1. The molecule has 0 amide bonds. The number of para-hydroxylation sites is 2. The summed E-state index contributed by atoms with van der Waals surface area (Å²) >= 11 is 0. The maximum Gasteiger partial charge on any atom is 0.530 e. The number of aromatic hydroxyl groups is 1. The van der Waals surface area contributed by atoms with Crippen LogP contribution in [0.2, 0.25) is 0 Å². The van der Waals surface area contributed by atoms with Gasteiger partial charge in [-0.15, -0.1) is 0 Å². The summed E-state index contributed by atoms with van der Waals surface area (Å²) in [7, 11) is 0.00248. The Hall–Kier alpha value is -4.67. The molecule has 2 unspecified atom stereocenters. The third-order valence-corrected chi connectivity index (χ3v) is 11.4. The van der Waals surface area contributed by atoms with Gasteiger partial charge in [-0.2, -0.15) is 0 Å². The van der Waals surface area contributed by atoms with Crippen LogP contribution >= 0.6 is 26.7 Å². The molecule has 0 fully saturated rings. The molecule has 6 aromatic carbocycles. The summed E-state index contributed by atoms with van der Waals surface area (Å²) in [6, 6.07) is 28.6. The normalized spacial score (nSPS) is 15.2. The molecular weight excluding hydrogens is 729 g/mol. The summed E-state index contributed by atoms with van der Waals surface area (Å²) in [6.07, 6.45) is 0. The fourth-order valence-electron chi connectivity index (χ4n) is 6.60. The summed E-state index contributed by atoms with van der Waals surface area (Å²) in [6.45, 7) is 12.5. The first-order chi connectivity index (χ1) is 25.3. The Labute approximate surface area is 313 Å². The van der Waals surface area contributed by atoms with Crippen LogP contribution in [0.5, 0.6) is 51.7 Å². The van der Waals surface area contributed by atoms with Gasteiger partial charge in [-0.25, -0.2) is 0 Å². The number of hydrogen-bond acceptors (Lipinski definition) is 9. The lowest BCUT2D eigenvalue weighted by Crippen LogP contribution is -2.16. The Morgan fingerprint density at radius 3 is 1.77 bits per heavy atom. The van der Waals surface area contributed by atoms with Crippen LogP contribution in [0.3, 0.4) is 0 Å². The van der Waals surface area contributed by atoms with Crippen LogP contribution in [0, 0.1) is 0 Å². The smallest absolute Gasteiger partial charge is 0.508 e. The number of rotatable bonds is 7. The Bertz CT molecular complexity index is 2380. The minimum absolute atomic E-state index is 0.0561. The van der Waals surface area contributed by atoms with Crippen molar-refractivity contribution in [3.63, 3.8) is 0 Å². The number of ether oxygens (including phenoxy) is 1. The summed E-state index contributed by atoms with van der Waals surface area (Å²) in [5.74, 6) is 4.72. The molecule has 0 spiro atoms. The number of hydrogen-bond donors (Lipinski definition) is 1. The number of benzene rings is 6. The van der Waals surface area contributed by atoms with Crippen molar-refractivity contribution in [2.45, 2.75) is 52.4 Å². The third kappa shape index (κ3) is 6.50. The van der Waals surface area contributed by atoms with Crippen molar-refractivity contribution in [3.8, 4) is 62.9 Å². The van der Waals surface area contributed by atoms with E-state index in [4.69, 9.17) is 36.4 Å². The van der Waals surface area contributed by atoms with Gasteiger partial charge in [0.25, 0.3) is 0 Å². The largest absolute Gasteiger partial charge is 0.530 e. The molecule has 2 atom stereocenters. The van der Waals surface area contributed by atoms with Gasteiger partial charge in [-0.1, -0.05) is 77.9 Å². The second-order valence-electron chi connectivity index (χ2n) is 14.9. The molecule has 2 aliphatic heterocycles. The highest BCUT2D eigenvalue weighted by Gasteiger charge is 2.37. The summed E-state index contributed by atoms with van der Waals surface area (Å²) in [5, 5.41) is 14.9. The molecule has 0 saturated heterocycles. The number of fused-ring (bicyclic) bond motifs is 3. The Morgan fingerprint density at radius 1 is 0.604 bits per heavy atom. The molecule has 0 saturated carbocycles. The highest BCUT2D eigenvalue weighted by Crippen LogP contribution is 2.60. The van der Waals surface area contributed by atoms with E-state index in [9.17, 15) is 5.11 Å². The van der Waals surface area contributed by atoms with E-state index in [1.807, 2.05) is 72.8 Å². The highest BCUT2D eigenvalue weighted by molar-refractivity contribution is 7.43. The fraction of sp³-hybridized carbons (Fsp3) is 0.220. The van der Waals surface area contributed by atoms with Gasteiger partial charge < -0.3 is 41.5 Å². The van der Waals surface area contributed by atoms with E-state index in [0.29, 0.717) is 57.1 Å². The average Bonchev–Trinajstić information content (AvgIpc) is 3.53. The topological polar surface area (TPSA) is 94.1 Å². The maximum absolute atomic E-state index is 11.3. The molecule has 1 N–H and O–H groups in total. The van der Waals surface area contributed by atoms with Crippen LogP contribution < -0.4 is 36.4 Å². The van der Waals surface area contributed by atoms with E-state index in [1.165, 1.54) is 0 Å². The van der Waals surface area contributed by atoms with E-state index < -0.39 is 28.0 Å².